The molecule has 30 heavy (non-hydrogen) atoms. The Morgan fingerprint density at radius 1 is 1.10 bits per heavy atom. The Bertz CT molecular complexity index is 1210. The first kappa shape index (κ1) is 19.4. The Balaban J connectivity index is 1.64. The number of methoxy groups -OCH3 is 1. The minimum absolute atomic E-state index is 0.179. The number of nitrogens with zero attached hydrogens (tertiary/aromatic N) is 4. The summed E-state index contributed by atoms with van der Waals surface area (Å²) in [6.07, 6.45) is 5.30. The third-order valence-corrected chi connectivity index (χ3v) is 4.97. The molecule has 2 aromatic carbocycles. The molecule has 152 valence electrons. The molecule has 1 N–H and O–H groups in total. The van der Waals surface area contributed by atoms with Gasteiger partial charge in [-0.05, 0) is 37.6 Å². The number of anilines is 2. The molecule has 0 aliphatic heterocycles. The quantitative estimate of drug-likeness (QED) is 0.527. The van der Waals surface area contributed by atoms with Crippen LogP contribution in [0.15, 0.2) is 78.1 Å². The van der Waals surface area contributed by atoms with Gasteiger partial charge in [-0.15, -0.1) is 0 Å². The van der Waals surface area contributed by atoms with E-state index in [4.69, 9.17) is 4.74 Å². The van der Waals surface area contributed by atoms with E-state index in [2.05, 4.69) is 15.4 Å². The Morgan fingerprint density at radius 2 is 1.90 bits per heavy atom. The number of hydrogen-bond donors (Lipinski definition) is 1. The number of nitrogens with one attached hydrogen (secondary N) is 1. The summed E-state index contributed by atoms with van der Waals surface area (Å²) in [5, 5.41) is 7.48. The fourth-order valence-electron chi connectivity index (χ4n) is 3.35. The van der Waals surface area contributed by atoms with Crippen LogP contribution in [0.25, 0.3) is 5.69 Å². The first-order valence-electron chi connectivity index (χ1n) is 9.65. The standard InChI is InChI=1S/C23H23N5O2/c1-16-14-27(15-24-16)21-10-9-19(13-22(21)30-3)26-20-11-12-25-28(23(20)29)17(2)18-7-5-4-6-8-18/h4-15,17,26H,1-3H3. The van der Waals surface area contributed by atoms with Crippen LogP contribution in [-0.4, -0.2) is 26.4 Å². The first-order chi connectivity index (χ1) is 14.6. The molecular weight excluding hydrogens is 378 g/mol. The molecule has 7 heteroatoms. The molecule has 1 atom stereocenters. The van der Waals surface area contributed by atoms with Crippen LogP contribution in [-0.2, 0) is 0 Å². The lowest BCUT2D eigenvalue weighted by atomic mass is 10.1. The van der Waals surface area contributed by atoms with E-state index in [0.29, 0.717) is 11.4 Å². The van der Waals surface area contributed by atoms with E-state index in [1.165, 1.54) is 4.68 Å². The van der Waals surface area contributed by atoms with Gasteiger partial charge >= 0.3 is 0 Å². The lowest BCUT2D eigenvalue weighted by molar-refractivity contribution is 0.413. The summed E-state index contributed by atoms with van der Waals surface area (Å²) in [5.74, 6) is 0.671. The van der Waals surface area contributed by atoms with Crippen LogP contribution in [0.3, 0.4) is 0 Å². The molecule has 4 aromatic rings. The van der Waals surface area contributed by atoms with Gasteiger partial charge in [0.15, 0.2) is 0 Å². The molecule has 0 fully saturated rings. The van der Waals surface area contributed by atoms with E-state index in [1.807, 2.05) is 73.1 Å². The maximum Gasteiger partial charge on any atom is 0.290 e. The Hall–Kier alpha value is -3.87. The average molecular weight is 401 g/mol. The molecule has 0 saturated heterocycles. The highest BCUT2D eigenvalue weighted by Crippen LogP contribution is 2.28. The molecule has 4 rings (SSSR count). The third-order valence-electron chi connectivity index (χ3n) is 4.97. The molecule has 7 nitrogen and oxygen atoms in total. The lowest BCUT2D eigenvalue weighted by Crippen LogP contribution is -2.27. The maximum absolute atomic E-state index is 13.0. The topological polar surface area (TPSA) is 74.0 Å². The van der Waals surface area contributed by atoms with E-state index < -0.39 is 0 Å². The van der Waals surface area contributed by atoms with E-state index in [1.54, 1.807) is 25.7 Å². The van der Waals surface area contributed by atoms with Gasteiger partial charge in [0, 0.05) is 24.1 Å². The molecule has 0 aliphatic carbocycles. The van der Waals surface area contributed by atoms with Crippen molar-refractivity contribution in [2.45, 2.75) is 19.9 Å². The molecule has 0 aliphatic rings. The van der Waals surface area contributed by atoms with Crippen molar-refractivity contribution < 1.29 is 4.74 Å². The summed E-state index contributed by atoms with van der Waals surface area (Å²) in [5.41, 5.74) is 3.81. The molecule has 0 spiro atoms. The zero-order valence-electron chi connectivity index (χ0n) is 17.1. The second-order valence-corrected chi connectivity index (χ2v) is 7.02. The fourth-order valence-corrected chi connectivity index (χ4v) is 3.35. The van der Waals surface area contributed by atoms with Gasteiger partial charge in [0.25, 0.3) is 5.56 Å². The second kappa shape index (κ2) is 8.24. The molecular formula is C23H23N5O2. The van der Waals surface area contributed by atoms with E-state index in [-0.39, 0.29) is 11.6 Å². The number of rotatable bonds is 6. The van der Waals surface area contributed by atoms with Crippen molar-refractivity contribution in [2.75, 3.05) is 12.4 Å². The monoisotopic (exact) mass is 401 g/mol. The Labute approximate surface area is 174 Å². The van der Waals surface area contributed by atoms with Gasteiger partial charge < -0.3 is 14.6 Å². The zero-order valence-corrected chi connectivity index (χ0v) is 17.1. The van der Waals surface area contributed by atoms with Gasteiger partial charge in [-0.3, -0.25) is 4.79 Å². The number of ether oxygens (including phenoxy) is 1. The number of hydrogen-bond acceptors (Lipinski definition) is 5. The maximum atomic E-state index is 13.0. The van der Waals surface area contributed by atoms with Crippen molar-refractivity contribution in [3.8, 4) is 11.4 Å². The molecule has 0 bridgehead atoms. The highest BCUT2D eigenvalue weighted by atomic mass is 16.5. The molecule has 2 heterocycles. The number of imidazole rings is 1. The van der Waals surface area contributed by atoms with Crippen LogP contribution in [0.4, 0.5) is 11.4 Å². The summed E-state index contributed by atoms with van der Waals surface area (Å²) in [6, 6.07) is 17.0. The minimum Gasteiger partial charge on any atom is -0.494 e. The number of aryl methyl sites for hydroxylation is 1. The van der Waals surface area contributed by atoms with Crippen molar-refractivity contribution in [1.82, 2.24) is 19.3 Å². The predicted molar refractivity (Wildman–Crippen MR) is 117 cm³/mol. The van der Waals surface area contributed by atoms with Crippen LogP contribution in [0.5, 0.6) is 5.75 Å². The molecule has 2 aromatic heterocycles. The largest absolute Gasteiger partial charge is 0.494 e. The van der Waals surface area contributed by atoms with Crippen molar-refractivity contribution in [1.29, 1.82) is 0 Å². The van der Waals surface area contributed by atoms with Gasteiger partial charge in [0.2, 0.25) is 0 Å². The highest BCUT2D eigenvalue weighted by Gasteiger charge is 2.14. The van der Waals surface area contributed by atoms with E-state index in [0.717, 1.165) is 22.6 Å². The summed E-state index contributed by atoms with van der Waals surface area (Å²) in [7, 11) is 1.62. The molecule has 0 amide bonds. The normalized spacial score (nSPS) is 11.8. The van der Waals surface area contributed by atoms with E-state index >= 15 is 0 Å². The predicted octanol–water partition coefficient (Wildman–Crippen LogP) is 4.10. The number of benzene rings is 2. The van der Waals surface area contributed by atoms with Crippen LogP contribution in [0.1, 0.15) is 24.2 Å². The van der Waals surface area contributed by atoms with Crippen LogP contribution < -0.4 is 15.6 Å². The van der Waals surface area contributed by atoms with Gasteiger partial charge in [0.05, 0.1) is 30.9 Å². The molecule has 0 radical (unpaired) electrons. The van der Waals surface area contributed by atoms with Crippen molar-refractivity contribution in [3.63, 3.8) is 0 Å². The van der Waals surface area contributed by atoms with Crippen molar-refractivity contribution in [2.24, 2.45) is 0 Å². The van der Waals surface area contributed by atoms with Gasteiger partial charge in [-0.1, -0.05) is 30.3 Å². The van der Waals surface area contributed by atoms with Crippen LogP contribution >= 0.6 is 0 Å². The lowest BCUT2D eigenvalue weighted by Gasteiger charge is -2.16. The van der Waals surface area contributed by atoms with Gasteiger partial charge in [0.1, 0.15) is 11.4 Å². The molecule has 0 saturated carbocycles. The van der Waals surface area contributed by atoms with Gasteiger partial charge in [-0.2, -0.15) is 5.10 Å². The average Bonchev–Trinajstić information content (AvgIpc) is 3.21. The summed E-state index contributed by atoms with van der Waals surface area (Å²) in [4.78, 5) is 17.3. The summed E-state index contributed by atoms with van der Waals surface area (Å²) < 4.78 is 8.94. The molecule has 1 unspecified atom stereocenters. The summed E-state index contributed by atoms with van der Waals surface area (Å²) >= 11 is 0. The smallest absolute Gasteiger partial charge is 0.290 e. The van der Waals surface area contributed by atoms with E-state index in [9.17, 15) is 4.79 Å². The SMILES string of the molecule is COc1cc(Nc2ccnn(C(C)c3ccccc3)c2=O)ccc1-n1cnc(C)c1. The first-order valence-corrected chi connectivity index (χ1v) is 9.65. The Kier molecular flexibility index (Phi) is 5.34. The highest BCUT2D eigenvalue weighted by molar-refractivity contribution is 5.64. The minimum atomic E-state index is -0.192. The van der Waals surface area contributed by atoms with Crippen LogP contribution in [0, 0.1) is 6.92 Å². The second-order valence-electron chi connectivity index (χ2n) is 7.02. The van der Waals surface area contributed by atoms with Gasteiger partial charge in [-0.25, -0.2) is 9.67 Å². The van der Waals surface area contributed by atoms with Crippen LogP contribution in [0.2, 0.25) is 0 Å². The third kappa shape index (κ3) is 3.82. The summed E-state index contributed by atoms with van der Waals surface area (Å²) in [6.45, 7) is 3.89. The van der Waals surface area contributed by atoms with Crippen molar-refractivity contribution in [3.05, 3.63) is 94.9 Å². The number of aromatic nitrogens is 4. The fraction of sp³-hybridized carbons (Fsp3) is 0.174. The zero-order chi connectivity index (χ0) is 21.1. The Morgan fingerprint density at radius 3 is 2.60 bits per heavy atom. The van der Waals surface area contributed by atoms with Crippen molar-refractivity contribution >= 4 is 11.4 Å².